The molecule has 0 aromatic heterocycles. The van der Waals surface area contributed by atoms with Crippen LogP contribution in [0.3, 0.4) is 0 Å². The number of benzene rings is 6. The van der Waals surface area contributed by atoms with Crippen LogP contribution in [-0.2, 0) is 64.7 Å². The third-order valence-corrected chi connectivity index (χ3v) is 19.0. The van der Waals surface area contributed by atoms with Crippen LogP contribution in [-0.4, -0.2) is 73.7 Å². The fourth-order valence-electron chi connectivity index (χ4n) is 11.6. The van der Waals surface area contributed by atoms with Crippen molar-refractivity contribution in [2.45, 2.75) is 113 Å². The van der Waals surface area contributed by atoms with Crippen molar-refractivity contribution in [2.24, 2.45) is 23.7 Å². The molecule has 6 aromatic rings. The first-order valence-electron chi connectivity index (χ1n) is 24.6. The molecule has 10 atom stereocenters. The van der Waals surface area contributed by atoms with Crippen LogP contribution < -0.4 is 9.47 Å². The molecule has 11 nitrogen and oxygen atoms in total. The van der Waals surface area contributed by atoms with Crippen molar-refractivity contribution in [2.75, 3.05) is 13.2 Å². The topological polar surface area (TPSA) is 133 Å². The fraction of sp³-hybridized carbons (Fsp3) is 0.322. The van der Waals surface area contributed by atoms with Crippen LogP contribution in [0.4, 0.5) is 0 Å². The predicted molar refractivity (Wildman–Crippen MR) is 269 cm³/mol. The highest BCUT2D eigenvalue weighted by Gasteiger charge is 2.65. The van der Waals surface area contributed by atoms with E-state index in [0.29, 0.717) is 17.9 Å². The summed E-state index contributed by atoms with van der Waals surface area (Å²) in [7, 11) is -0.521. The molecule has 4 aliphatic heterocycles. The van der Waals surface area contributed by atoms with Gasteiger partial charge in [0, 0.05) is 36.1 Å². The van der Waals surface area contributed by atoms with Gasteiger partial charge < -0.3 is 33.2 Å². The Labute approximate surface area is 425 Å². The molecule has 4 heterocycles. The standard InChI is InChI=1S/C30H29O5S.C29H27O6S/c1-18-13-23(36(21-9-5-3-6-10-21)22-11-7-4-8-12-22)14-19(2)27(18)33-17-26(31)34-28-20-15-24-25(16-20)30(32)35-29(24)28;1-17-13-21(36(19-9-5-3-6-10-19)20-11-7-4-8-12-20)14-18(2)25(17)32-16-24(30)34-27-23-15-22-26(33-23)28(27)35-29(22)31/h3-14,20,24-25,28-29H,15-17H2,1-2H3;3-14,22-23,26-28H,15-16H2,1-2H3/q2*+1. The summed E-state index contributed by atoms with van der Waals surface area (Å²) in [5.41, 5.74) is 3.88. The molecule has 13 heteroatoms. The summed E-state index contributed by atoms with van der Waals surface area (Å²) in [6, 6.07) is 50.6. The molecule has 368 valence electrons. The third-order valence-electron chi connectivity index (χ3n) is 14.7. The fourth-order valence-corrected chi connectivity index (χ4v) is 16.2. The number of carbonyl (C=O) groups is 4. The monoisotopic (exact) mass is 1000 g/mol. The molecule has 10 unspecified atom stereocenters. The van der Waals surface area contributed by atoms with Gasteiger partial charge in [-0.3, -0.25) is 9.59 Å². The molecule has 0 amide bonds. The molecule has 4 saturated heterocycles. The highest BCUT2D eigenvalue weighted by Crippen LogP contribution is 2.55. The Bertz CT molecular complexity index is 2660. The van der Waals surface area contributed by atoms with Gasteiger partial charge in [-0.05, 0) is 118 Å². The molecule has 72 heavy (non-hydrogen) atoms. The first-order valence-corrected chi connectivity index (χ1v) is 27.1. The molecule has 2 saturated carbocycles. The molecular weight excluding hydrogens is 949 g/mol. The number of hydrogen-bond acceptors (Lipinski definition) is 11. The maximum absolute atomic E-state index is 12.7. The van der Waals surface area contributed by atoms with Crippen LogP contribution in [0.15, 0.2) is 175 Å². The van der Waals surface area contributed by atoms with Gasteiger partial charge in [0.25, 0.3) is 0 Å². The summed E-state index contributed by atoms with van der Waals surface area (Å²) >= 11 is 0. The van der Waals surface area contributed by atoms with Gasteiger partial charge in [-0.2, -0.15) is 0 Å². The summed E-state index contributed by atoms with van der Waals surface area (Å²) in [5.74, 6) is 0.320. The zero-order valence-corrected chi connectivity index (χ0v) is 42.1. The maximum atomic E-state index is 12.7. The van der Waals surface area contributed by atoms with Crippen LogP contribution in [0.5, 0.6) is 11.5 Å². The Balaban J connectivity index is 0.000000156. The van der Waals surface area contributed by atoms with Gasteiger partial charge in [0.05, 0.1) is 39.7 Å². The van der Waals surface area contributed by atoms with E-state index in [1.54, 1.807) is 0 Å². The lowest BCUT2D eigenvalue weighted by molar-refractivity contribution is -0.163. The lowest BCUT2D eigenvalue weighted by atomic mass is 9.88. The Morgan fingerprint density at radius 1 is 0.486 bits per heavy atom. The maximum Gasteiger partial charge on any atom is 0.344 e. The largest absolute Gasteiger partial charge is 0.481 e. The molecule has 2 aliphatic carbocycles. The second-order valence-electron chi connectivity index (χ2n) is 19.4. The van der Waals surface area contributed by atoms with E-state index in [-0.39, 0.29) is 95.0 Å². The van der Waals surface area contributed by atoms with Gasteiger partial charge in [-0.25, -0.2) is 9.59 Å². The predicted octanol–water partition coefficient (Wildman–Crippen LogP) is 9.67. The van der Waals surface area contributed by atoms with E-state index >= 15 is 0 Å². The quantitative estimate of drug-likeness (QED) is 0.0587. The van der Waals surface area contributed by atoms with E-state index in [1.807, 2.05) is 52.0 Å². The molecule has 0 radical (unpaired) electrons. The number of fused-ring (bicyclic) bond motifs is 2. The van der Waals surface area contributed by atoms with Gasteiger partial charge in [0.2, 0.25) is 0 Å². The smallest absolute Gasteiger partial charge is 0.344 e. The average Bonchev–Trinajstić information content (AvgIpc) is 4.22. The molecule has 4 bridgehead atoms. The zero-order valence-electron chi connectivity index (χ0n) is 40.5. The molecular formula is C59H56O11S2+2. The molecule has 6 fully saturated rings. The minimum absolute atomic E-state index is 0.00586. The van der Waals surface area contributed by atoms with Crippen LogP contribution in [0.1, 0.15) is 41.5 Å². The van der Waals surface area contributed by atoms with Gasteiger partial charge in [0.1, 0.15) is 29.8 Å². The molecule has 6 aliphatic rings. The Morgan fingerprint density at radius 3 is 1.33 bits per heavy atom. The van der Waals surface area contributed by atoms with Crippen molar-refractivity contribution in [3.8, 4) is 11.5 Å². The summed E-state index contributed by atoms with van der Waals surface area (Å²) in [5, 5.41) is 0. The normalized spacial score (nSPS) is 25.8. The van der Waals surface area contributed by atoms with Crippen molar-refractivity contribution >= 4 is 45.7 Å². The van der Waals surface area contributed by atoms with Crippen LogP contribution in [0.25, 0.3) is 0 Å². The number of ether oxygens (including phenoxy) is 7. The zero-order chi connectivity index (χ0) is 49.6. The summed E-state index contributed by atoms with van der Waals surface area (Å²) in [6.07, 6.45) is -0.0206. The lowest BCUT2D eigenvalue weighted by Gasteiger charge is -2.25. The molecule has 0 spiro atoms. The second kappa shape index (κ2) is 20.2. The third kappa shape index (κ3) is 9.27. The van der Waals surface area contributed by atoms with E-state index in [1.165, 1.54) is 29.4 Å². The van der Waals surface area contributed by atoms with E-state index < -0.39 is 24.1 Å². The highest BCUT2D eigenvalue weighted by molar-refractivity contribution is 7.97. The first-order chi connectivity index (χ1) is 35.0. The number of esters is 4. The van der Waals surface area contributed by atoms with Gasteiger partial charge >= 0.3 is 23.9 Å². The second-order valence-corrected chi connectivity index (χ2v) is 23.5. The number of aryl methyl sites for hydroxylation is 4. The Kier molecular flexibility index (Phi) is 13.4. The Hall–Kier alpha value is -6.54. The van der Waals surface area contributed by atoms with E-state index in [9.17, 15) is 19.2 Å². The van der Waals surface area contributed by atoms with Gasteiger partial charge in [-0.1, -0.05) is 72.8 Å². The van der Waals surface area contributed by atoms with Crippen molar-refractivity contribution in [3.63, 3.8) is 0 Å². The van der Waals surface area contributed by atoms with Crippen molar-refractivity contribution in [3.05, 3.63) is 168 Å². The van der Waals surface area contributed by atoms with Crippen LogP contribution in [0.2, 0.25) is 0 Å². The van der Waals surface area contributed by atoms with E-state index in [0.717, 1.165) is 35.1 Å². The lowest BCUT2D eigenvalue weighted by Crippen LogP contribution is -2.40. The van der Waals surface area contributed by atoms with Gasteiger partial charge in [0.15, 0.2) is 54.8 Å². The minimum Gasteiger partial charge on any atom is -0.481 e. The molecule has 0 N–H and O–H groups in total. The van der Waals surface area contributed by atoms with Crippen molar-refractivity contribution in [1.82, 2.24) is 0 Å². The SMILES string of the molecule is Cc1cc([S+](c2ccccc2)c2ccccc2)cc(C)c1OCC(=O)OC1C2CC3C(=O)OC1C3C2.Cc1cc([S+](c2ccccc2)c2ccccc2)cc(C)c1OCC(=O)OC1C2CC3C(=O)OC1C3O2. The van der Waals surface area contributed by atoms with Crippen LogP contribution >= 0.6 is 0 Å². The minimum atomic E-state index is -0.558. The van der Waals surface area contributed by atoms with Gasteiger partial charge in [-0.15, -0.1) is 0 Å². The summed E-state index contributed by atoms with van der Waals surface area (Å²) in [4.78, 5) is 56.6. The summed E-state index contributed by atoms with van der Waals surface area (Å²) in [6.45, 7) is 7.64. The van der Waals surface area contributed by atoms with E-state index in [4.69, 9.17) is 33.2 Å². The first kappa shape index (κ1) is 47.8. The average molecular weight is 1010 g/mol. The van der Waals surface area contributed by atoms with Crippen LogP contribution in [0, 0.1) is 51.4 Å². The number of rotatable bonds is 14. The van der Waals surface area contributed by atoms with Crippen molar-refractivity contribution < 1.29 is 52.3 Å². The Morgan fingerprint density at radius 2 is 0.889 bits per heavy atom. The highest BCUT2D eigenvalue weighted by atomic mass is 32.2. The number of hydrogen-bond donors (Lipinski definition) is 0. The molecule has 6 aromatic carbocycles. The van der Waals surface area contributed by atoms with Crippen molar-refractivity contribution in [1.29, 1.82) is 0 Å². The summed E-state index contributed by atoms with van der Waals surface area (Å²) < 4.78 is 40.0. The molecule has 12 rings (SSSR count). The number of carbonyl (C=O) groups excluding carboxylic acids is 4. The van der Waals surface area contributed by atoms with E-state index in [2.05, 4.69) is 121 Å².